The number of nitrogens with one attached hydrogen (secondary N) is 4. The summed E-state index contributed by atoms with van der Waals surface area (Å²) in [6.45, 7) is 4.96. The normalized spacial score (nSPS) is 13.0. The van der Waals surface area contributed by atoms with Gasteiger partial charge in [-0.15, -0.1) is 0 Å². The number of benzene rings is 1. The average Bonchev–Trinajstić information content (AvgIpc) is 3.28. The zero-order valence-corrected chi connectivity index (χ0v) is 20.8. The van der Waals surface area contributed by atoms with Gasteiger partial charge >= 0.3 is 12.1 Å². The molecule has 4 N–H and O–H groups in total. The maximum atomic E-state index is 13.2. The molecule has 0 bridgehead atoms. The molecule has 0 radical (unpaired) electrons. The third-order valence-corrected chi connectivity index (χ3v) is 5.78. The second kappa shape index (κ2) is 10.2. The molecule has 4 aromatic rings. The summed E-state index contributed by atoms with van der Waals surface area (Å²) in [6.07, 6.45) is -3.52. The SMILES string of the molecule is Cc1cc([C@@H](C)Nc2ccc(Cl)nc2-c2noc(=O)[nH]2)c2oc(/C(C=N)=C/NC(F)(F)F)c(C)c(=O)c2c1. The van der Waals surface area contributed by atoms with Gasteiger partial charge in [0.1, 0.15) is 22.2 Å². The minimum absolute atomic E-state index is 0.0312. The highest BCUT2D eigenvalue weighted by molar-refractivity contribution is 6.29. The zero-order valence-electron chi connectivity index (χ0n) is 20.1. The fourth-order valence-corrected chi connectivity index (χ4v) is 4.02. The van der Waals surface area contributed by atoms with Gasteiger partial charge in [-0.25, -0.2) is 9.78 Å². The second-order valence-electron chi connectivity index (χ2n) is 8.34. The number of aromatic nitrogens is 3. The van der Waals surface area contributed by atoms with Crippen LogP contribution in [-0.2, 0) is 0 Å². The molecule has 0 aliphatic carbocycles. The summed E-state index contributed by atoms with van der Waals surface area (Å²) in [7, 11) is 0. The number of hydrogen-bond acceptors (Lipinski definition) is 9. The number of pyridine rings is 1. The van der Waals surface area contributed by atoms with Crippen molar-refractivity contribution in [2.24, 2.45) is 0 Å². The summed E-state index contributed by atoms with van der Waals surface area (Å²) in [5.41, 5.74) is 1.28. The summed E-state index contributed by atoms with van der Waals surface area (Å²) in [5, 5.41) is 16.0. The first-order chi connectivity index (χ1) is 17.9. The van der Waals surface area contributed by atoms with Crippen molar-refractivity contribution in [3.05, 3.63) is 78.8 Å². The van der Waals surface area contributed by atoms with Crippen molar-refractivity contribution in [1.29, 1.82) is 5.41 Å². The number of alkyl halides is 3. The van der Waals surface area contributed by atoms with E-state index in [1.807, 2.05) is 0 Å². The molecule has 198 valence electrons. The lowest BCUT2D eigenvalue weighted by atomic mass is 9.99. The largest absolute Gasteiger partial charge is 0.481 e. The smallest absolute Gasteiger partial charge is 0.455 e. The number of nitrogens with zero attached hydrogens (tertiary/aromatic N) is 2. The van der Waals surface area contributed by atoms with Gasteiger partial charge in [0.25, 0.3) is 0 Å². The van der Waals surface area contributed by atoms with Crippen LogP contribution in [0.2, 0.25) is 5.15 Å². The van der Waals surface area contributed by atoms with E-state index in [0.717, 1.165) is 5.56 Å². The van der Waals surface area contributed by atoms with Crippen molar-refractivity contribution < 1.29 is 22.1 Å². The van der Waals surface area contributed by atoms with Crippen LogP contribution in [0, 0.1) is 19.3 Å². The fraction of sp³-hybridized carbons (Fsp3) is 0.208. The molecule has 4 rings (SSSR count). The third-order valence-electron chi connectivity index (χ3n) is 5.57. The molecule has 1 aromatic carbocycles. The monoisotopic (exact) mass is 548 g/mol. The second-order valence-corrected chi connectivity index (χ2v) is 8.73. The Morgan fingerprint density at radius 1 is 1.24 bits per heavy atom. The Hall–Kier alpha value is -4.39. The summed E-state index contributed by atoms with van der Waals surface area (Å²) >= 11 is 6.03. The quantitative estimate of drug-likeness (QED) is 0.142. The van der Waals surface area contributed by atoms with Crippen molar-refractivity contribution >= 4 is 40.0 Å². The summed E-state index contributed by atoms with van der Waals surface area (Å²) in [4.78, 5) is 31.3. The molecule has 0 spiro atoms. The van der Waals surface area contributed by atoms with Crippen molar-refractivity contribution in [3.63, 3.8) is 0 Å². The lowest BCUT2D eigenvalue weighted by Crippen LogP contribution is -2.26. The highest BCUT2D eigenvalue weighted by Crippen LogP contribution is 2.33. The Morgan fingerprint density at radius 3 is 2.61 bits per heavy atom. The lowest BCUT2D eigenvalue weighted by Gasteiger charge is -2.20. The van der Waals surface area contributed by atoms with Crippen LogP contribution in [0.15, 0.2) is 49.0 Å². The number of aryl methyl sites for hydroxylation is 1. The molecule has 0 unspecified atom stereocenters. The van der Waals surface area contributed by atoms with Gasteiger partial charge in [-0.2, -0.15) is 13.2 Å². The molecule has 0 saturated carbocycles. The molecule has 3 heterocycles. The molecular weight excluding hydrogens is 529 g/mol. The van der Waals surface area contributed by atoms with Gasteiger partial charge in [0.2, 0.25) is 5.82 Å². The van der Waals surface area contributed by atoms with Crippen molar-refractivity contribution in [1.82, 2.24) is 20.4 Å². The van der Waals surface area contributed by atoms with Crippen molar-refractivity contribution in [2.75, 3.05) is 5.32 Å². The molecule has 0 saturated heterocycles. The summed E-state index contributed by atoms with van der Waals surface area (Å²) in [6, 6.07) is 5.94. The topological polar surface area (TPSA) is 150 Å². The van der Waals surface area contributed by atoms with Gasteiger partial charge in [-0.3, -0.25) is 14.3 Å². The highest BCUT2D eigenvalue weighted by atomic mass is 35.5. The minimum atomic E-state index is -4.74. The van der Waals surface area contributed by atoms with Crippen LogP contribution in [-0.4, -0.2) is 27.6 Å². The maximum Gasteiger partial charge on any atom is 0.481 e. The van der Waals surface area contributed by atoms with Gasteiger partial charge < -0.3 is 20.5 Å². The van der Waals surface area contributed by atoms with E-state index in [-0.39, 0.29) is 44.5 Å². The Bertz CT molecular complexity index is 1690. The van der Waals surface area contributed by atoms with Crippen LogP contribution in [0.4, 0.5) is 18.9 Å². The van der Waals surface area contributed by atoms with Gasteiger partial charge in [0.15, 0.2) is 5.43 Å². The number of H-pyrrole nitrogens is 1. The number of hydrogen-bond donors (Lipinski definition) is 4. The van der Waals surface area contributed by atoms with Crippen LogP contribution >= 0.6 is 11.6 Å². The van der Waals surface area contributed by atoms with Crippen molar-refractivity contribution in [3.8, 4) is 11.5 Å². The predicted octanol–water partition coefficient (Wildman–Crippen LogP) is 5.07. The van der Waals surface area contributed by atoms with Crippen LogP contribution in [0.1, 0.15) is 35.4 Å². The number of halogens is 4. The molecule has 38 heavy (non-hydrogen) atoms. The summed E-state index contributed by atoms with van der Waals surface area (Å²) in [5.74, 6) is -0.936. The molecule has 0 fully saturated rings. The zero-order chi connectivity index (χ0) is 27.8. The third kappa shape index (κ3) is 5.47. The highest BCUT2D eigenvalue weighted by Gasteiger charge is 2.26. The number of allylic oxidation sites excluding steroid dienone is 1. The Morgan fingerprint density at radius 2 is 1.97 bits per heavy atom. The van der Waals surface area contributed by atoms with Gasteiger partial charge in [0, 0.05) is 23.5 Å². The van der Waals surface area contributed by atoms with Crippen molar-refractivity contribution in [2.45, 2.75) is 33.1 Å². The van der Waals surface area contributed by atoms with Crippen LogP contribution in [0.25, 0.3) is 28.1 Å². The van der Waals surface area contributed by atoms with Crippen LogP contribution in [0.3, 0.4) is 0 Å². The van der Waals surface area contributed by atoms with E-state index in [9.17, 15) is 22.8 Å². The molecule has 0 aliphatic heterocycles. The van der Waals surface area contributed by atoms with E-state index < -0.39 is 23.5 Å². The number of aromatic amines is 1. The minimum Gasteiger partial charge on any atom is -0.455 e. The Kier molecular flexibility index (Phi) is 7.14. The number of anilines is 1. The first-order valence-electron chi connectivity index (χ1n) is 11.0. The lowest BCUT2D eigenvalue weighted by molar-refractivity contribution is -0.146. The Balaban J connectivity index is 1.85. The number of fused-ring (bicyclic) bond motifs is 1. The predicted molar refractivity (Wildman–Crippen MR) is 135 cm³/mol. The van der Waals surface area contributed by atoms with E-state index in [0.29, 0.717) is 23.7 Å². The fourth-order valence-electron chi connectivity index (χ4n) is 3.87. The van der Waals surface area contributed by atoms with Gasteiger partial charge in [-0.1, -0.05) is 22.8 Å². The summed E-state index contributed by atoms with van der Waals surface area (Å²) < 4.78 is 48.8. The van der Waals surface area contributed by atoms with Crippen LogP contribution in [0.5, 0.6) is 0 Å². The molecule has 0 amide bonds. The van der Waals surface area contributed by atoms with E-state index in [4.69, 9.17) is 21.4 Å². The molecule has 1 atom stereocenters. The molecule has 3 aromatic heterocycles. The van der Waals surface area contributed by atoms with E-state index in [1.165, 1.54) is 18.3 Å². The van der Waals surface area contributed by atoms with Crippen LogP contribution < -0.4 is 21.8 Å². The first kappa shape index (κ1) is 26.7. The molecular formula is C24H20ClF3N6O4. The van der Waals surface area contributed by atoms with E-state index in [2.05, 4.69) is 25.0 Å². The first-order valence-corrected chi connectivity index (χ1v) is 11.4. The van der Waals surface area contributed by atoms with E-state index >= 15 is 0 Å². The number of rotatable bonds is 7. The van der Waals surface area contributed by atoms with Gasteiger partial charge in [-0.05, 0) is 44.5 Å². The standard InChI is InChI=1S/C24H20ClF3N6O4/c1-10-6-14(12(3)31-16-4-5-17(25)32-18(16)22-33-23(36)38-34-22)21-15(7-10)19(35)11(2)20(37-21)13(8-29)9-30-24(26,27)28/h4-9,12,29-31H,1-3H3,(H,33,34,36)/b13-9+,29-8?/t12-/m1/s1. The van der Waals surface area contributed by atoms with Gasteiger partial charge in [0.05, 0.1) is 22.7 Å². The maximum absolute atomic E-state index is 13.2. The average molecular weight is 549 g/mol. The molecule has 0 aliphatic rings. The Labute approximate surface area is 217 Å². The molecule has 14 heteroatoms. The molecule has 10 nitrogen and oxygen atoms in total. The van der Waals surface area contributed by atoms with E-state index in [1.54, 1.807) is 32.0 Å².